The lowest BCUT2D eigenvalue weighted by atomic mass is 10.1. The fraction of sp³-hybridized carbons (Fsp3) is 0.286. The Kier molecular flexibility index (Phi) is 9.46. The average Bonchev–Trinajstić information content (AvgIpc) is 2.74. The van der Waals surface area contributed by atoms with Gasteiger partial charge < -0.3 is 20.1 Å². The topological polar surface area (TPSA) is 89.5 Å². The van der Waals surface area contributed by atoms with E-state index in [2.05, 4.69) is 26.9 Å². The molecule has 1 atom stereocenters. The number of hydrogen-bond acceptors (Lipinski definition) is 5. The number of benzene rings is 1. The molecule has 0 saturated carbocycles. The Bertz CT molecular complexity index is 971. The molecule has 0 bridgehead atoms. The molecule has 2 amide bonds. The molecule has 2 aromatic rings. The van der Waals surface area contributed by atoms with Crippen molar-refractivity contribution in [1.29, 1.82) is 0 Å². The number of carbonyl (C=O) groups excluding carboxylic acids is 2. The second-order valence-corrected chi connectivity index (χ2v) is 7.05. The molecule has 2 N–H and O–H groups in total. The van der Waals surface area contributed by atoms with Crippen LogP contribution >= 0.6 is 11.6 Å². The van der Waals surface area contributed by atoms with Crippen molar-refractivity contribution in [2.45, 2.75) is 31.7 Å². The van der Waals surface area contributed by atoms with Gasteiger partial charge in [0.25, 0.3) is 5.91 Å². The van der Waals surface area contributed by atoms with Crippen molar-refractivity contribution in [3.63, 3.8) is 0 Å². The van der Waals surface area contributed by atoms with Crippen LogP contribution in [0.2, 0.25) is 5.02 Å². The van der Waals surface area contributed by atoms with Gasteiger partial charge >= 0.3 is 6.36 Å². The summed E-state index contributed by atoms with van der Waals surface area (Å²) < 4.78 is 58.6. The van der Waals surface area contributed by atoms with Crippen molar-refractivity contribution in [1.82, 2.24) is 10.3 Å². The minimum absolute atomic E-state index is 0.0636. The van der Waals surface area contributed by atoms with Crippen LogP contribution in [0.4, 0.5) is 23.2 Å². The van der Waals surface area contributed by atoms with E-state index < -0.39 is 30.0 Å². The van der Waals surface area contributed by atoms with Crippen molar-refractivity contribution in [3.8, 4) is 11.6 Å². The number of carbonyl (C=O) groups is 2. The van der Waals surface area contributed by atoms with Crippen LogP contribution in [0.5, 0.6) is 11.6 Å². The SMILES string of the molecule is C=CC(CCCC(=O)Nc1ccc(OC(F)(F)F)nc1)NC(=O)COc1ccc(Cl)c(F)c1. The van der Waals surface area contributed by atoms with E-state index >= 15 is 0 Å². The van der Waals surface area contributed by atoms with Crippen LogP contribution in [-0.4, -0.2) is 35.8 Å². The molecule has 0 fully saturated rings. The predicted molar refractivity (Wildman–Crippen MR) is 112 cm³/mol. The summed E-state index contributed by atoms with van der Waals surface area (Å²) >= 11 is 5.58. The second kappa shape index (κ2) is 12.0. The minimum Gasteiger partial charge on any atom is -0.484 e. The van der Waals surface area contributed by atoms with Crippen LogP contribution in [-0.2, 0) is 9.59 Å². The number of ether oxygens (including phenoxy) is 2. The molecule has 7 nitrogen and oxygen atoms in total. The highest BCUT2D eigenvalue weighted by Gasteiger charge is 2.31. The summed E-state index contributed by atoms with van der Waals surface area (Å²) in [7, 11) is 0. The number of hydrogen-bond donors (Lipinski definition) is 2. The molecule has 2 rings (SSSR count). The number of nitrogens with zero attached hydrogens (tertiary/aromatic N) is 1. The van der Waals surface area contributed by atoms with Crippen molar-refractivity contribution in [2.24, 2.45) is 0 Å². The molecule has 178 valence electrons. The molecule has 0 aliphatic rings. The number of rotatable bonds is 11. The Balaban J connectivity index is 1.70. The number of amides is 2. The number of nitrogens with one attached hydrogen (secondary N) is 2. The number of aromatic nitrogens is 1. The number of halogens is 5. The van der Waals surface area contributed by atoms with E-state index in [0.717, 1.165) is 18.3 Å². The fourth-order valence-electron chi connectivity index (χ4n) is 2.55. The molecular formula is C21H20ClF4N3O4. The van der Waals surface area contributed by atoms with Crippen molar-refractivity contribution >= 4 is 29.1 Å². The summed E-state index contributed by atoms with van der Waals surface area (Å²) in [6.07, 6.45) is -1.45. The molecule has 12 heteroatoms. The Hall–Kier alpha value is -3.34. The lowest BCUT2D eigenvalue weighted by molar-refractivity contribution is -0.276. The molecule has 1 heterocycles. The highest BCUT2D eigenvalue weighted by Crippen LogP contribution is 2.22. The highest BCUT2D eigenvalue weighted by atomic mass is 35.5. The maximum Gasteiger partial charge on any atom is 0.574 e. The van der Waals surface area contributed by atoms with Crippen LogP contribution in [0.25, 0.3) is 0 Å². The molecule has 0 radical (unpaired) electrons. The van der Waals surface area contributed by atoms with E-state index in [9.17, 15) is 27.2 Å². The smallest absolute Gasteiger partial charge is 0.484 e. The van der Waals surface area contributed by atoms with E-state index in [0.29, 0.717) is 12.8 Å². The highest BCUT2D eigenvalue weighted by molar-refractivity contribution is 6.30. The Morgan fingerprint density at radius 2 is 1.97 bits per heavy atom. The molecule has 1 aromatic heterocycles. The van der Waals surface area contributed by atoms with Gasteiger partial charge in [0, 0.05) is 24.6 Å². The zero-order valence-corrected chi connectivity index (χ0v) is 17.9. The average molecular weight is 490 g/mol. The first-order valence-corrected chi connectivity index (χ1v) is 9.95. The van der Waals surface area contributed by atoms with E-state index in [4.69, 9.17) is 16.3 Å². The maximum absolute atomic E-state index is 13.4. The van der Waals surface area contributed by atoms with Gasteiger partial charge in [-0.15, -0.1) is 19.8 Å². The first-order valence-electron chi connectivity index (χ1n) is 9.57. The van der Waals surface area contributed by atoms with Gasteiger partial charge in [-0.2, -0.15) is 0 Å². The number of alkyl halides is 3. The van der Waals surface area contributed by atoms with Crippen molar-refractivity contribution in [2.75, 3.05) is 11.9 Å². The lowest BCUT2D eigenvalue weighted by Gasteiger charge is -2.15. The standard InChI is InChI=1S/C21H20ClF4N3O4/c1-2-13(28-19(31)12-32-15-7-8-16(22)17(23)10-15)4-3-5-18(30)29-14-6-9-20(27-11-14)33-21(24,25)26/h2,6-11,13H,1,3-5,12H2,(H,28,31)(H,29,30). The van der Waals surface area contributed by atoms with Gasteiger partial charge in [-0.25, -0.2) is 9.37 Å². The first kappa shape index (κ1) is 25.9. The van der Waals surface area contributed by atoms with Crippen LogP contribution < -0.4 is 20.1 Å². The van der Waals surface area contributed by atoms with Crippen LogP contribution in [0, 0.1) is 5.82 Å². The molecular weight excluding hydrogens is 470 g/mol. The second-order valence-electron chi connectivity index (χ2n) is 6.65. The van der Waals surface area contributed by atoms with Crippen LogP contribution in [0.15, 0.2) is 49.2 Å². The summed E-state index contributed by atoms with van der Waals surface area (Å²) in [5.74, 6) is -2.02. The zero-order chi connectivity index (χ0) is 24.4. The molecule has 33 heavy (non-hydrogen) atoms. The van der Waals surface area contributed by atoms with Gasteiger partial charge in [-0.3, -0.25) is 9.59 Å². The van der Waals surface area contributed by atoms with Crippen LogP contribution in [0.1, 0.15) is 19.3 Å². The summed E-state index contributed by atoms with van der Waals surface area (Å²) in [6.45, 7) is 3.28. The molecule has 1 aromatic carbocycles. The van der Waals surface area contributed by atoms with E-state index in [1.807, 2.05) is 0 Å². The monoisotopic (exact) mass is 489 g/mol. The third-order valence-electron chi connectivity index (χ3n) is 4.05. The van der Waals surface area contributed by atoms with E-state index in [1.54, 1.807) is 0 Å². The normalized spacial score (nSPS) is 11.9. The Morgan fingerprint density at radius 1 is 1.21 bits per heavy atom. The summed E-state index contributed by atoms with van der Waals surface area (Å²) in [4.78, 5) is 27.5. The summed E-state index contributed by atoms with van der Waals surface area (Å²) in [5, 5.41) is 5.10. The number of pyridine rings is 1. The van der Waals surface area contributed by atoms with Crippen LogP contribution in [0.3, 0.4) is 0 Å². The van der Waals surface area contributed by atoms with Gasteiger partial charge in [-0.1, -0.05) is 17.7 Å². The van der Waals surface area contributed by atoms with Gasteiger partial charge in [-0.05, 0) is 31.0 Å². The predicted octanol–water partition coefficient (Wildman–Crippen LogP) is 4.63. The lowest BCUT2D eigenvalue weighted by Crippen LogP contribution is -2.36. The Morgan fingerprint density at radius 3 is 2.58 bits per heavy atom. The van der Waals surface area contributed by atoms with Gasteiger partial charge in [0.2, 0.25) is 11.8 Å². The molecule has 0 aliphatic heterocycles. The molecule has 1 unspecified atom stereocenters. The molecule has 0 spiro atoms. The minimum atomic E-state index is -4.85. The molecule has 0 saturated heterocycles. The molecule has 0 aliphatic carbocycles. The fourth-order valence-corrected chi connectivity index (χ4v) is 2.67. The van der Waals surface area contributed by atoms with Gasteiger partial charge in [0.1, 0.15) is 11.6 Å². The first-order chi connectivity index (χ1) is 15.6. The summed E-state index contributed by atoms with van der Waals surface area (Å²) in [6, 6.07) is 5.57. The zero-order valence-electron chi connectivity index (χ0n) is 17.1. The van der Waals surface area contributed by atoms with E-state index in [-0.39, 0.29) is 35.4 Å². The van der Waals surface area contributed by atoms with Gasteiger partial charge in [0.15, 0.2) is 6.61 Å². The van der Waals surface area contributed by atoms with E-state index in [1.165, 1.54) is 24.3 Å². The summed E-state index contributed by atoms with van der Waals surface area (Å²) in [5.41, 5.74) is 0.207. The maximum atomic E-state index is 13.4. The third kappa shape index (κ3) is 9.77. The van der Waals surface area contributed by atoms with Gasteiger partial charge in [0.05, 0.1) is 16.9 Å². The van der Waals surface area contributed by atoms with Crippen molar-refractivity contribution < 1.29 is 36.6 Å². The largest absolute Gasteiger partial charge is 0.574 e. The quantitative estimate of drug-likeness (QED) is 0.355. The third-order valence-corrected chi connectivity index (χ3v) is 4.36. The number of anilines is 1. The Labute approximate surface area is 191 Å². The van der Waals surface area contributed by atoms with Crippen molar-refractivity contribution in [3.05, 3.63) is 60.0 Å².